The molecule has 2 rings (SSSR count). The van der Waals surface area contributed by atoms with Gasteiger partial charge in [-0.05, 0) is 23.8 Å². The van der Waals surface area contributed by atoms with Crippen molar-refractivity contribution in [3.8, 4) is 0 Å². The summed E-state index contributed by atoms with van der Waals surface area (Å²) < 4.78 is 0. The Balaban J connectivity index is 2.08. The topological polar surface area (TPSA) is 17.1 Å². The maximum absolute atomic E-state index is 12.0. The van der Waals surface area contributed by atoms with Gasteiger partial charge in [0.1, 0.15) is 5.78 Å². The molecule has 0 aromatic heterocycles. The van der Waals surface area contributed by atoms with E-state index in [1.807, 2.05) is 0 Å². The van der Waals surface area contributed by atoms with Crippen molar-refractivity contribution in [3.05, 3.63) is 0 Å². The molecule has 1 atom stereocenters. The standard InChI is InChI=1S/C15H28OSi/c1-14(2,3)17(4,5)11-12-10-13(16)15(12)8-6-7-9-15/h12H,6-11H2,1-5H3. The molecule has 0 aromatic rings. The molecule has 2 heteroatoms. The summed E-state index contributed by atoms with van der Waals surface area (Å²) in [5, 5.41) is 0.464. The molecule has 1 nitrogen and oxygen atoms in total. The van der Waals surface area contributed by atoms with Crippen LogP contribution < -0.4 is 0 Å². The van der Waals surface area contributed by atoms with Gasteiger partial charge in [0.15, 0.2) is 0 Å². The molecule has 0 heterocycles. The third kappa shape index (κ3) is 2.03. The zero-order valence-electron chi connectivity index (χ0n) is 12.2. The molecule has 1 spiro atoms. The summed E-state index contributed by atoms with van der Waals surface area (Å²) in [5.41, 5.74) is 0.162. The van der Waals surface area contributed by atoms with Crippen LogP contribution >= 0.6 is 0 Å². The number of rotatable bonds is 2. The SMILES string of the molecule is CC(C)(C)[Si](C)(C)CC1CC(=O)C12CCCC2. The van der Waals surface area contributed by atoms with Gasteiger partial charge in [0, 0.05) is 11.8 Å². The van der Waals surface area contributed by atoms with E-state index in [1.165, 1.54) is 31.7 Å². The largest absolute Gasteiger partial charge is 0.299 e. The van der Waals surface area contributed by atoms with Crippen LogP contribution in [0.5, 0.6) is 0 Å². The maximum Gasteiger partial charge on any atom is 0.139 e. The van der Waals surface area contributed by atoms with Crippen molar-refractivity contribution in [1.29, 1.82) is 0 Å². The maximum atomic E-state index is 12.0. The van der Waals surface area contributed by atoms with Crippen molar-refractivity contribution in [2.45, 2.75) is 77.1 Å². The molecule has 2 aliphatic rings. The van der Waals surface area contributed by atoms with E-state index in [-0.39, 0.29) is 5.41 Å². The van der Waals surface area contributed by atoms with Gasteiger partial charge in [0.05, 0.1) is 8.07 Å². The number of carbonyl (C=O) groups is 1. The van der Waals surface area contributed by atoms with Crippen LogP contribution in [0.1, 0.15) is 52.9 Å². The quantitative estimate of drug-likeness (QED) is 0.654. The van der Waals surface area contributed by atoms with E-state index in [2.05, 4.69) is 33.9 Å². The highest BCUT2D eigenvalue weighted by Crippen LogP contribution is 2.58. The number of Topliss-reactive ketones (excluding diaryl/α,β-unsaturated/α-hetero) is 1. The van der Waals surface area contributed by atoms with Crippen LogP contribution in [0.3, 0.4) is 0 Å². The van der Waals surface area contributed by atoms with Crippen LogP contribution in [0.4, 0.5) is 0 Å². The molecule has 0 bridgehead atoms. The Labute approximate surface area is 107 Å². The number of carbonyl (C=O) groups excluding carboxylic acids is 1. The van der Waals surface area contributed by atoms with Crippen LogP contribution in [0.25, 0.3) is 0 Å². The summed E-state index contributed by atoms with van der Waals surface area (Å²) in [6.45, 7) is 12.2. The van der Waals surface area contributed by atoms with Gasteiger partial charge in [-0.2, -0.15) is 0 Å². The normalized spacial score (nSPS) is 28.5. The van der Waals surface area contributed by atoms with Gasteiger partial charge in [-0.3, -0.25) is 4.79 Å². The fourth-order valence-corrected chi connectivity index (χ4v) is 5.98. The average Bonchev–Trinajstić information content (AvgIpc) is 2.66. The monoisotopic (exact) mass is 252 g/mol. The number of hydrogen-bond acceptors (Lipinski definition) is 1. The second-order valence-corrected chi connectivity index (χ2v) is 13.7. The first-order chi connectivity index (χ1) is 7.69. The van der Waals surface area contributed by atoms with Crippen LogP contribution in [0.2, 0.25) is 24.2 Å². The van der Waals surface area contributed by atoms with Crippen molar-refractivity contribution in [2.24, 2.45) is 11.3 Å². The van der Waals surface area contributed by atoms with Crippen LogP contribution in [0, 0.1) is 11.3 Å². The van der Waals surface area contributed by atoms with Crippen molar-refractivity contribution in [2.75, 3.05) is 0 Å². The molecule has 0 saturated heterocycles. The minimum Gasteiger partial charge on any atom is -0.299 e. The van der Waals surface area contributed by atoms with Crippen LogP contribution in [-0.4, -0.2) is 13.9 Å². The molecule has 17 heavy (non-hydrogen) atoms. The van der Waals surface area contributed by atoms with E-state index >= 15 is 0 Å². The van der Waals surface area contributed by atoms with Gasteiger partial charge in [0.2, 0.25) is 0 Å². The summed E-state index contributed by atoms with van der Waals surface area (Å²) in [6.07, 6.45) is 5.88. The highest BCUT2D eigenvalue weighted by atomic mass is 28.3. The smallest absolute Gasteiger partial charge is 0.139 e. The van der Waals surface area contributed by atoms with Crippen molar-refractivity contribution in [3.63, 3.8) is 0 Å². The Kier molecular flexibility index (Phi) is 3.09. The first-order valence-corrected chi connectivity index (χ1v) is 10.4. The van der Waals surface area contributed by atoms with Gasteiger partial charge in [-0.25, -0.2) is 0 Å². The lowest BCUT2D eigenvalue weighted by atomic mass is 9.58. The van der Waals surface area contributed by atoms with Crippen LogP contribution in [-0.2, 0) is 4.79 Å². The Morgan fingerprint density at radius 1 is 1.24 bits per heavy atom. The molecule has 98 valence electrons. The molecular weight excluding hydrogens is 224 g/mol. The van der Waals surface area contributed by atoms with E-state index in [0.717, 1.165) is 12.3 Å². The van der Waals surface area contributed by atoms with Gasteiger partial charge in [0.25, 0.3) is 0 Å². The Hall–Kier alpha value is -0.113. The van der Waals surface area contributed by atoms with Gasteiger partial charge in [-0.1, -0.05) is 52.8 Å². The van der Waals surface area contributed by atoms with E-state index in [0.29, 0.717) is 10.8 Å². The summed E-state index contributed by atoms with van der Waals surface area (Å²) >= 11 is 0. The van der Waals surface area contributed by atoms with E-state index < -0.39 is 8.07 Å². The minimum absolute atomic E-state index is 0.162. The average molecular weight is 252 g/mol. The third-order valence-corrected chi connectivity index (χ3v) is 11.6. The molecule has 1 unspecified atom stereocenters. The number of hydrogen-bond donors (Lipinski definition) is 0. The van der Waals surface area contributed by atoms with Crippen molar-refractivity contribution in [1.82, 2.24) is 0 Å². The highest BCUT2D eigenvalue weighted by Gasteiger charge is 2.57. The van der Waals surface area contributed by atoms with Gasteiger partial charge in [-0.15, -0.1) is 0 Å². The molecule has 2 saturated carbocycles. The lowest BCUT2D eigenvalue weighted by Gasteiger charge is -2.50. The molecule has 0 radical (unpaired) electrons. The Morgan fingerprint density at radius 3 is 2.18 bits per heavy atom. The summed E-state index contributed by atoms with van der Waals surface area (Å²) in [4.78, 5) is 12.0. The van der Waals surface area contributed by atoms with Crippen molar-refractivity contribution >= 4 is 13.9 Å². The Morgan fingerprint density at radius 2 is 1.76 bits per heavy atom. The molecule has 2 aliphatic carbocycles. The fraction of sp³-hybridized carbons (Fsp3) is 0.933. The predicted molar refractivity (Wildman–Crippen MR) is 76.0 cm³/mol. The third-order valence-electron chi connectivity index (χ3n) is 6.05. The molecule has 2 fully saturated rings. The molecular formula is C15H28OSi. The molecule has 0 N–H and O–H groups in total. The zero-order chi connectivity index (χ0) is 12.9. The van der Waals surface area contributed by atoms with E-state index in [9.17, 15) is 4.79 Å². The fourth-order valence-electron chi connectivity index (χ4n) is 3.60. The first kappa shape index (κ1) is 13.3. The second kappa shape index (κ2) is 3.94. The van der Waals surface area contributed by atoms with Gasteiger partial charge < -0.3 is 0 Å². The summed E-state index contributed by atoms with van der Waals surface area (Å²) in [7, 11) is -1.21. The molecule has 0 aliphatic heterocycles. The lowest BCUT2D eigenvalue weighted by molar-refractivity contribution is -0.144. The second-order valence-electron chi connectivity index (χ2n) is 8.03. The highest BCUT2D eigenvalue weighted by molar-refractivity contribution is 6.80. The predicted octanol–water partition coefficient (Wildman–Crippen LogP) is 4.64. The lowest BCUT2D eigenvalue weighted by Crippen LogP contribution is -2.52. The van der Waals surface area contributed by atoms with Gasteiger partial charge >= 0.3 is 0 Å². The Bertz CT molecular complexity index is 318. The van der Waals surface area contributed by atoms with Crippen molar-refractivity contribution < 1.29 is 4.79 Å². The zero-order valence-corrected chi connectivity index (χ0v) is 13.2. The molecule has 0 amide bonds. The number of ketones is 1. The van der Waals surface area contributed by atoms with Crippen LogP contribution in [0.15, 0.2) is 0 Å². The van der Waals surface area contributed by atoms with E-state index in [4.69, 9.17) is 0 Å². The molecule has 0 aromatic carbocycles. The summed E-state index contributed by atoms with van der Waals surface area (Å²) in [6, 6.07) is 1.36. The first-order valence-electron chi connectivity index (χ1n) is 7.22. The minimum atomic E-state index is -1.21. The van der Waals surface area contributed by atoms with E-state index in [1.54, 1.807) is 0 Å². The summed E-state index contributed by atoms with van der Waals surface area (Å²) in [5.74, 6) is 1.33.